The molecule has 0 aromatic carbocycles. The molecule has 5 heteroatoms. The fraction of sp³-hybridized carbons (Fsp3) is 0.706. The highest BCUT2D eigenvalue weighted by molar-refractivity contribution is 5.85. The van der Waals surface area contributed by atoms with Gasteiger partial charge in [0.1, 0.15) is 11.9 Å². The molecule has 3 heterocycles. The minimum atomic E-state index is 0. The van der Waals surface area contributed by atoms with Gasteiger partial charge in [0.25, 0.3) is 0 Å². The second kappa shape index (κ2) is 8.70. The SMILES string of the molecule is Cc1cnccc1OC1CCN(CC2CCNCC2)CC1.Cl. The van der Waals surface area contributed by atoms with Gasteiger partial charge in [-0.25, -0.2) is 0 Å². The number of halogens is 1. The van der Waals surface area contributed by atoms with Crippen LogP contribution in [-0.2, 0) is 0 Å². The minimum Gasteiger partial charge on any atom is -0.490 e. The molecule has 0 unspecified atom stereocenters. The largest absolute Gasteiger partial charge is 0.490 e. The number of piperidine rings is 2. The average molecular weight is 326 g/mol. The lowest BCUT2D eigenvalue weighted by Crippen LogP contribution is -2.42. The number of rotatable bonds is 4. The molecule has 124 valence electrons. The minimum absolute atomic E-state index is 0. The van der Waals surface area contributed by atoms with E-state index in [2.05, 4.69) is 22.1 Å². The van der Waals surface area contributed by atoms with Gasteiger partial charge in [0.2, 0.25) is 0 Å². The van der Waals surface area contributed by atoms with Crippen molar-refractivity contribution in [3.8, 4) is 5.75 Å². The van der Waals surface area contributed by atoms with Crippen LogP contribution in [0.3, 0.4) is 0 Å². The van der Waals surface area contributed by atoms with Gasteiger partial charge in [0, 0.05) is 37.6 Å². The maximum atomic E-state index is 6.15. The molecule has 0 atom stereocenters. The van der Waals surface area contributed by atoms with Gasteiger partial charge >= 0.3 is 0 Å². The van der Waals surface area contributed by atoms with Crippen molar-refractivity contribution in [3.05, 3.63) is 24.0 Å². The van der Waals surface area contributed by atoms with E-state index in [9.17, 15) is 0 Å². The van der Waals surface area contributed by atoms with Crippen molar-refractivity contribution in [1.82, 2.24) is 15.2 Å². The van der Waals surface area contributed by atoms with Gasteiger partial charge < -0.3 is 15.0 Å². The fourth-order valence-electron chi connectivity index (χ4n) is 3.41. The molecule has 2 aliphatic heterocycles. The maximum absolute atomic E-state index is 6.15. The Kier molecular flexibility index (Phi) is 6.93. The lowest BCUT2D eigenvalue weighted by Gasteiger charge is -2.35. The van der Waals surface area contributed by atoms with E-state index in [-0.39, 0.29) is 12.4 Å². The Bertz CT molecular complexity index is 443. The van der Waals surface area contributed by atoms with Gasteiger partial charge in [-0.05, 0) is 57.7 Å². The number of pyridine rings is 1. The standard InChI is InChI=1S/C17H27N3O.ClH/c1-14-12-19-9-4-17(14)21-16-5-10-20(11-6-16)13-15-2-7-18-8-3-15;/h4,9,12,15-16,18H,2-3,5-8,10-11,13H2,1H3;1H. The fourth-order valence-corrected chi connectivity index (χ4v) is 3.41. The molecule has 0 saturated carbocycles. The quantitative estimate of drug-likeness (QED) is 0.923. The second-order valence-electron chi connectivity index (χ2n) is 6.45. The van der Waals surface area contributed by atoms with E-state index in [4.69, 9.17) is 4.74 Å². The predicted molar refractivity (Wildman–Crippen MR) is 91.9 cm³/mol. The summed E-state index contributed by atoms with van der Waals surface area (Å²) in [5, 5.41) is 3.45. The molecule has 0 aliphatic carbocycles. The van der Waals surface area contributed by atoms with E-state index in [1.807, 2.05) is 18.5 Å². The number of hydrogen-bond donors (Lipinski definition) is 1. The molecule has 2 aliphatic rings. The van der Waals surface area contributed by atoms with Crippen LogP contribution < -0.4 is 10.1 Å². The molecule has 0 spiro atoms. The summed E-state index contributed by atoms with van der Waals surface area (Å²) in [6, 6.07) is 1.98. The van der Waals surface area contributed by atoms with Gasteiger partial charge in [-0.3, -0.25) is 4.98 Å². The predicted octanol–water partition coefficient (Wildman–Crippen LogP) is 2.65. The van der Waals surface area contributed by atoms with E-state index in [0.717, 1.165) is 30.1 Å². The van der Waals surface area contributed by atoms with E-state index < -0.39 is 0 Å². The summed E-state index contributed by atoms with van der Waals surface area (Å²) in [6.07, 6.45) is 9.03. The van der Waals surface area contributed by atoms with Gasteiger partial charge in [-0.15, -0.1) is 12.4 Å². The van der Waals surface area contributed by atoms with Crippen LogP contribution in [0, 0.1) is 12.8 Å². The first-order valence-corrected chi connectivity index (χ1v) is 8.31. The summed E-state index contributed by atoms with van der Waals surface area (Å²) >= 11 is 0. The second-order valence-corrected chi connectivity index (χ2v) is 6.45. The monoisotopic (exact) mass is 325 g/mol. The third-order valence-corrected chi connectivity index (χ3v) is 4.77. The smallest absolute Gasteiger partial charge is 0.125 e. The number of aromatic nitrogens is 1. The summed E-state index contributed by atoms with van der Waals surface area (Å²) in [5.74, 6) is 1.90. The molecular formula is C17H28ClN3O. The van der Waals surface area contributed by atoms with Crippen molar-refractivity contribution in [2.45, 2.75) is 38.7 Å². The van der Waals surface area contributed by atoms with Crippen LogP contribution in [0.2, 0.25) is 0 Å². The summed E-state index contributed by atoms with van der Waals surface area (Å²) < 4.78 is 6.15. The molecule has 2 saturated heterocycles. The Balaban J connectivity index is 0.00000176. The molecule has 1 aromatic heterocycles. The van der Waals surface area contributed by atoms with Crippen LogP contribution in [0.25, 0.3) is 0 Å². The molecular weight excluding hydrogens is 298 g/mol. The molecule has 22 heavy (non-hydrogen) atoms. The van der Waals surface area contributed by atoms with Gasteiger partial charge in [-0.2, -0.15) is 0 Å². The van der Waals surface area contributed by atoms with E-state index in [1.165, 1.54) is 45.6 Å². The third-order valence-electron chi connectivity index (χ3n) is 4.77. The summed E-state index contributed by atoms with van der Waals surface area (Å²) in [4.78, 5) is 6.76. The maximum Gasteiger partial charge on any atom is 0.125 e. The Labute approximate surface area is 140 Å². The molecule has 0 bridgehead atoms. The zero-order chi connectivity index (χ0) is 14.5. The Morgan fingerprint density at radius 2 is 1.95 bits per heavy atom. The molecule has 2 fully saturated rings. The zero-order valence-corrected chi connectivity index (χ0v) is 14.3. The summed E-state index contributed by atoms with van der Waals surface area (Å²) in [7, 11) is 0. The highest BCUT2D eigenvalue weighted by Gasteiger charge is 2.23. The van der Waals surface area contributed by atoms with Crippen LogP contribution >= 0.6 is 12.4 Å². The van der Waals surface area contributed by atoms with Crippen LogP contribution in [0.15, 0.2) is 18.5 Å². The molecule has 1 N–H and O–H groups in total. The van der Waals surface area contributed by atoms with Gasteiger partial charge in [-0.1, -0.05) is 0 Å². The number of nitrogens with zero attached hydrogens (tertiary/aromatic N) is 2. The summed E-state index contributed by atoms with van der Waals surface area (Å²) in [5.41, 5.74) is 1.13. The van der Waals surface area contributed by atoms with Crippen LogP contribution in [0.1, 0.15) is 31.2 Å². The highest BCUT2D eigenvalue weighted by atomic mass is 35.5. The first-order chi connectivity index (χ1) is 10.3. The topological polar surface area (TPSA) is 37.4 Å². The first-order valence-electron chi connectivity index (χ1n) is 8.31. The summed E-state index contributed by atoms with van der Waals surface area (Å²) in [6.45, 7) is 8.10. The van der Waals surface area contributed by atoms with E-state index in [0.29, 0.717) is 6.10 Å². The van der Waals surface area contributed by atoms with E-state index in [1.54, 1.807) is 0 Å². The Morgan fingerprint density at radius 3 is 2.64 bits per heavy atom. The first kappa shape index (κ1) is 17.5. The molecule has 0 amide bonds. The highest BCUT2D eigenvalue weighted by Crippen LogP contribution is 2.23. The molecule has 0 radical (unpaired) electrons. The van der Waals surface area contributed by atoms with Crippen molar-refractivity contribution < 1.29 is 4.74 Å². The van der Waals surface area contributed by atoms with Crippen LogP contribution in [-0.4, -0.2) is 48.7 Å². The van der Waals surface area contributed by atoms with Crippen LogP contribution in [0.5, 0.6) is 5.75 Å². The normalized spacial score (nSPS) is 21.3. The van der Waals surface area contributed by atoms with Crippen LogP contribution in [0.4, 0.5) is 0 Å². The number of ether oxygens (including phenoxy) is 1. The number of hydrogen-bond acceptors (Lipinski definition) is 4. The molecule has 3 rings (SSSR count). The number of likely N-dealkylation sites (tertiary alicyclic amines) is 1. The lowest BCUT2D eigenvalue weighted by molar-refractivity contribution is 0.0867. The lowest BCUT2D eigenvalue weighted by atomic mass is 9.96. The Morgan fingerprint density at radius 1 is 1.23 bits per heavy atom. The van der Waals surface area contributed by atoms with Gasteiger partial charge in [0.15, 0.2) is 0 Å². The van der Waals surface area contributed by atoms with Crippen molar-refractivity contribution in [3.63, 3.8) is 0 Å². The number of nitrogens with one attached hydrogen (secondary N) is 1. The molecule has 1 aromatic rings. The van der Waals surface area contributed by atoms with E-state index >= 15 is 0 Å². The zero-order valence-electron chi connectivity index (χ0n) is 13.5. The third kappa shape index (κ3) is 4.83. The van der Waals surface area contributed by atoms with Crippen molar-refractivity contribution >= 4 is 12.4 Å². The molecule has 4 nitrogen and oxygen atoms in total. The van der Waals surface area contributed by atoms with Crippen molar-refractivity contribution in [2.75, 3.05) is 32.7 Å². The van der Waals surface area contributed by atoms with Crippen molar-refractivity contribution in [2.24, 2.45) is 5.92 Å². The van der Waals surface area contributed by atoms with Gasteiger partial charge in [0.05, 0.1) is 0 Å². The Hall–Kier alpha value is -0.840. The number of aryl methyl sites for hydroxylation is 1. The average Bonchev–Trinajstić information content (AvgIpc) is 2.52. The van der Waals surface area contributed by atoms with Crippen molar-refractivity contribution in [1.29, 1.82) is 0 Å².